The first-order valence-corrected chi connectivity index (χ1v) is 4.06. The summed E-state index contributed by atoms with van der Waals surface area (Å²) in [6.07, 6.45) is 0. The molecule has 0 heterocycles. The Morgan fingerprint density at radius 2 is 1.91 bits per heavy atom. The molecule has 0 aliphatic carbocycles. The first-order chi connectivity index (χ1) is 5.17. The average molecular weight is 159 g/mol. The van der Waals surface area contributed by atoms with Crippen molar-refractivity contribution < 1.29 is 9.90 Å². The Bertz CT molecular complexity index is 121. The molecule has 0 spiro atoms. The van der Waals surface area contributed by atoms with E-state index in [4.69, 9.17) is 5.11 Å². The van der Waals surface area contributed by atoms with Crippen LogP contribution in [0.25, 0.3) is 0 Å². The van der Waals surface area contributed by atoms with Crippen LogP contribution in [0, 0.1) is 5.92 Å². The quantitative estimate of drug-likeness (QED) is 0.648. The molecule has 0 saturated carbocycles. The number of amides is 1. The Morgan fingerprint density at radius 3 is 2.18 bits per heavy atom. The van der Waals surface area contributed by atoms with Crippen LogP contribution in [0.1, 0.15) is 20.8 Å². The van der Waals surface area contributed by atoms with E-state index in [0.29, 0.717) is 0 Å². The Morgan fingerprint density at radius 1 is 1.45 bits per heavy atom. The lowest BCUT2D eigenvalue weighted by atomic mass is 10.1. The second-order valence-electron chi connectivity index (χ2n) is 2.59. The van der Waals surface area contributed by atoms with Crippen molar-refractivity contribution in [2.24, 2.45) is 5.92 Å². The lowest BCUT2D eigenvalue weighted by Crippen LogP contribution is -2.36. The van der Waals surface area contributed by atoms with Gasteiger partial charge in [-0.25, -0.2) is 0 Å². The molecule has 0 radical (unpaired) electrons. The van der Waals surface area contributed by atoms with Gasteiger partial charge >= 0.3 is 0 Å². The molecule has 0 fully saturated rings. The van der Waals surface area contributed by atoms with Crippen molar-refractivity contribution in [3.05, 3.63) is 0 Å². The van der Waals surface area contributed by atoms with E-state index in [2.05, 4.69) is 0 Å². The van der Waals surface area contributed by atoms with Crippen molar-refractivity contribution >= 4 is 5.91 Å². The van der Waals surface area contributed by atoms with Crippen molar-refractivity contribution in [2.45, 2.75) is 20.8 Å². The van der Waals surface area contributed by atoms with Gasteiger partial charge in [-0.15, -0.1) is 0 Å². The summed E-state index contributed by atoms with van der Waals surface area (Å²) in [5.74, 6) is -0.215. The zero-order valence-electron chi connectivity index (χ0n) is 7.50. The van der Waals surface area contributed by atoms with Crippen molar-refractivity contribution in [1.29, 1.82) is 0 Å². The van der Waals surface area contributed by atoms with E-state index in [1.807, 2.05) is 13.8 Å². The van der Waals surface area contributed by atoms with Crippen LogP contribution in [-0.4, -0.2) is 35.6 Å². The second kappa shape index (κ2) is 5.13. The van der Waals surface area contributed by atoms with Crippen LogP contribution in [-0.2, 0) is 4.79 Å². The van der Waals surface area contributed by atoms with Gasteiger partial charge in [0.1, 0.15) is 0 Å². The summed E-state index contributed by atoms with van der Waals surface area (Å²) in [5.41, 5.74) is 0. The predicted molar refractivity (Wildman–Crippen MR) is 44.2 cm³/mol. The fourth-order valence-electron chi connectivity index (χ4n) is 0.925. The Balaban J connectivity index is 3.97. The van der Waals surface area contributed by atoms with Crippen LogP contribution in [0.5, 0.6) is 0 Å². The molecule has 1 N–H and O–H groups in total. The lowest BCUT2D eigenvalue weighted by molar-refractivity contribution is -0.135. The highest BCUT2D eigenvalue weighted by atomic mass is 16.3. The zero-order chi connectivity index (χ0) is 8.85. The van der Waals surface area contributed by atoms with Gasteiger partial charge in [0.2, 0.25) is 5.91 Å². The summed E-state index contributed by atoms with van der Waals surface area (Å²) in [7, 11) is 0. The van der Waals surface area contributed by atoms with Crippen LogP contribution >= 0.6 is 0 Å². The Labute approximate surface area is 68.0 Å². The van der Waals surface area contributed by atoms with E-state index in [-0.39, 0.29) is 18.4 Å². The number of carbonyl (C=O) groups excluding carboxylic acids is 1. The van der Waals surface area contributed by atoms with Crippen LogP contribution in [0.3, 0.4) is 0 Å². The molecule has 3 heteroatoms. The maximum Gasteiger partial charge on any atom is 0.227 e. The highest BCUT2D eigenvalue weighted by molar-refractivity contribution is 5.78. The number of hydrogen-bond acceptors (Lipinski definition) is 2. The lowest BCUT2D eigenvalue weighted by Gasteiger charge is -2.21. The molecule has 0 aliphatic rings. The summed E-state index contributed by atoms with van der Waals surface area (Å²) in [6, 6.07) is 0. The SMILES string of the molecule is CCN(CC)C(=O)[C@H](C)CO. The van der Waals surface area contributed by atoms with Gasteiger partial charge in [-0.3, -0.25) is 4.79 Å². The van der Waals surface area contributed by atoms with Gasteiger partial charge in [0.05, 0.1) is 12.5 Å². The topological polar surface area (TPSA) is 40.5 Å². The number of aliphatic hydroxyl groups is 1. The van der Waals surface area contributed by atoms with E-state index in [9.17, 15) is 4.79 Å². The molecule has 3 nitrogen and oxygen atoms in total. The van der Waals surface area contributed by atoms with Crippen LogP contribution in [0.2, 0.25) is 0 Å². The van der Waals surface area contributed by atoms with Crippen LogP contribution in [0.4, 0.5) is 0 Å². The third-order valence-corrected chi connectivity index (χ3v) is 1.77. The number of rotatable bonds is 4. The standard InChI is InChI=1S/C8H17NO2/c1-4-9(5-2)8(11)7(3)6-10/h7,10H,4-6H2,1-3H3/t7-/m1/s1. The van der Waals surface area contributed by atoms with Gasteiger partial charge in [0.25, 0.3) is 0 Å². The molecule has 11 heavy (non-hydrogen) atoms. The number of aliphatic hydroxyl groups excluding tert-OH is 1. The number of nitrogens with zero attached hydrogens (tertiary/aromatic N) is 1. The van der Waals surface area contributed by atoms with Gasteiger partial charge in [0, 0.05) is 13.1 Å². The van der Waals surface area contributed by atoms with Crippen molar-refractivity contribution in [3.63, 3.8) is 0 Å². The van der Waals surface area contributed by atoms with E-state index < -0.39 is 0 Å². The smallest absolute Gasteiger partial charge is 0.227 e. The highest BCUT2D eigenvalue weighted by Gasteiger charge is 2.16. The Kier molecular flexibility index (Phi) is 4.86. The van der Waals surface area contributed by atoms with Crippen LogP contribution < -0.4 is 0 Å². The van der Waals surface area contributed by atoms with Gasteiger partial charge in [-0.05, 0) is 13.8 Å². The molecule has 1 atom stereocenters. The maximum atomic E-state index is 11.3. The van der Waals surface area contributed by atoms with E-state index in [1.54, 1.807) is 11.8 Å². The third-order valence-electron chi connectivity index (χ3n) is 1.77. The highest BCUT2D eigenvalue weighted by Crippen LogP contribution is 2.00. The average Bonchev–Trinajstić information content (AvgIpc) is 2.05. The van der Waals surface area contributed by atoms with Crippen molar-refractivity contribution in [3.8, 4) is 0 Å². The van der Waals surface area contributed by atoms with Gasteiger partial charge < -0.3 is 10.0 Å². The summed E-state index contributed by atoms with van der Waals surface area (Å²) in [5, 5.41) is 8.70. The van der Waals surface area contributed by atoms with Crippen molar-refractivity contribution in [1.82, 2.24) is 4.90 Å². The minimum absolute atomic E-state index is 0.0394. The molecule has 66 valence electrons. The predicted octanol–water partition coefficient (Wildman–Crippen LogP) is 0.483. The third kappa shape index (κ3) is 2.89. The summed E-state index contributed by atoms with van der Waals surface area (Å²) in [6.45, 7) is 6.99. The van der Waals surface area contributed by atoms with E-state index >= 15 is 0 Å². The summed E-state index contributed by atoms with van der Waals surface area (Å²) >= 11 is 0. The maximum absolute atomic E-state index is 11.3. The minimum Gasteiger partial charge on any atom is -0.396 e. The molecule has 1 amide bonds. The minimum atomic E-state index is -0.255. The monoisotopic (exact) mass is 159 g/mol. The van der Waals surface area contributed by atoms with Crippen LogP contribution in [0.15, 0.2) is 0 Å². The van der Waals surface area contributed by atoms with Gasteiger partial charge in [0.15, 0.2) is 0 Å². The molecule has 0 aliphatic heterocycles. The Hall–Kier alpha value is -0.570. The molecule has 0 unspecified atom stereocenters. The van der Waals surface area contributed by atoms with Crippen molar-refractivity contribution in [2.75, 3.05) is 19.7 Å². The summed E-state index contributed by atoms with van der Waals surface area (Å²) in [4.78, 5) is 13.0. The summed E-state index contributed by atoms with van der Waals surface area (Å²) < 4.78 is 0. The molecule has 0 aromatic rings. The molecule has 0 saturated heterocycles. The normalized spacial score (nSPS) is 12.7. The molecular formula is C8H17NO2. The molecule has 0 aromatic carbocycles. The molecule has 0 rings (SSSR count). The second-order valence-corrected chi connectivity index (χ2v) is 2.59. The van der Waals surface area contributed by atoms with E-state index in [1.165, 1.54) is 0 Å². The molecule has 0 bridgehead atoms. The zero-order valence-corrected chi connectivity index (χ0v) is 7.50. The molecular weight excluding hydrogens is 142 g/mol. The first kappa shape index (κ1) is 10.4. The number of hydrogen-bond donors (Lipinski definition) is 1. The fraction of sp³-hybridized carbons (Fsp3) is 0.875. The largest absolute Gasteiger partial charge is 0.396 e. The van der Waals surface area contributed by atoms with Gasteiger partial charge in [-0.2, -0.15) is 0 Å². The van der Waals surface area contributed by atoms with E-state index in [0.717, 1.165) is 13.1 Å². The van der Waals surface area contributed by atoms with Gasteiger partial charge in [-0.1, -0.05) is 6.92 Å². The molecule has 0 aromatic heterocycles. The number of carbonyl (C=O) groups is 1. The fourth-order valence-corrected chi connectivity index (χ4v) is 0.925. The first-order valence-electron chi connectivity index (χ1n) is 4.06.